The summed E-state index contributed by atoms with van der Waals surface area (Å²) in [5.74, 6) is 0.00211. The molecular weight excluding hydrogens is 572 g/mol. The number of hydrogen-bond donors (Lipinski definition) is 2. The minimum atomic E-state index is -3.80. The fourth-order valence-corrected chi connectivity index (χ4v) is 8.15. The van der Waals surface area contributed by atoms with Gasteiger partial charge in [0.1, 0.15) is 5.75 Å². The van der Waals surface area contributed by atoms with Gasteiger partial charge in [0.25, 0.3) is 5.91 Å². The molecule has 3 aliphatic rings. The average Bonchev–Trinajstić information content (AvgIpc) is 3.10. The van der Waals surface area contributed by atoms with Gasteiger partial charge in [-0.2, -0.15) is 0 Å². The summed E-state index contributed by atoms with van der Waals surface area (Å²) in [6.45, 7) is 11.4. The van der Waals surface area contributed by atoms with Gasteiger partial charge in [-0.05, 0) is 97.7 Å². The molecule has 1 fully saturated rings. The molecule has 4 atom stereocenters. The van der Waals surface area contributed by atoms with Crippen LogP contribution in [-0.2, 0) is 21.9 Å². The van der Waals surface area contributed by atoms with Crippen LogP contribution < -0.4 is 14.4 Å². The van der Waals surface area contributed by atoms with E-state index in [4.69, 9.17) is 16.3 Å². The molecule has 7 nitrogen and oxygen atoms in total. The summed E-state index contributed by atoms with van der Waals surface area (Å²) in [5, 5.41) is 11.7. The maximum Gasteiger partial charge on any atom is 0.264 e. The highest BCUT2D eigenvalue weighted by Crippen LogP contribution is 2.52. The second-order valence-electron chi connectivity index (χ2n) is 12.4. The van der Waals surface area contributed by atoms with Gasteiger partial charge >= 0.3 is 0 Å². The Kier molecular flexibility index (Phi) is 8.80. The van der Waals surface area contributed by atoms with E-state index in [1.165, 1.54) is 17.2 Å². The molecule has 42 heavy (non-hydrogen) atoms. The lowest BCUT2D eigenvalue weighted by Gasteiger charge is -2.52. The molecule has 2 N–H and O–H groups in total. The quantitative estimate of drug-likeness (QED) is 0.329. The lowest BCUT2D eigenvalue weighted by atomic mass is 9.57. The van der Waals surface area contributed by atoms with E-state index in [1.54, 1.807) is 24.3 Å². The van der Waals surface area contributed by atoms with Gasteiger partial charge in [0.05, 0.1) is 24.2 Å². The molecule has 2 aromatic rings. The van der Waals surface area contributed by atoms with Crippen molar-refractivity contribution >= 4 is 33.2 Å². The van der Waals surface area contributed by atoms with Crippen molar-refractivity contribution in [1.82, 2.24) is 4.72 Å². The third-order valence-electron chi connectivity index (χ3n) is 9.69. The number of amides is 1. The number of benzene rings is 2. The largest absolute Gasteiger partial charge is 0.490 e. The zero-order valence-electron chi connectivity index (χ0n) is 24.3. The van der Waals surface area contributed by atoms with Crippen LogP contribution in [0.2, 0.25) is 5.02 Å². The van der Waals surface area contributed by atoms with Gasteiger partial charge in [-0.15, -0.1) is 13.2 Å². The number of aliphatic hydroxyl groups is 1. The summed E-state index contributed by atoms with van der Waals surface area (Å²) < 4.78 is 33.6. The summed E-state index contributed by atoms with van der Waals surface area (Å²) in [5.41, 5.74) is 2.96. The van der Waals surface area contributed by atoms with Gasteiger partial charge in [-0.1, -0.05) is 36.7 Å². The van der Waals surface area contributed by atoms with Crippen LogP contribution in [0.5, 0.6) is 5.75 Å². The van der Waals surface area contributed by atoms with E-state index in [1.807, 2.05) is 6.07 Å². The first-order valence-corrected chi connectivity index (χ1v) is 16.8. The summed E-state index contributed by atoms with van der Waals surface area (Å²) >= 11 is 6.38. The molecule has 1 heterocycles. The van der Waals surface area contributed by atoms with Crippen LogP contribution in [0.4, 0.5) is 5.69 Å². The number of nitrogens with one attached hydrogen (secondary N) is 1. The molecule has 2 aliphatic carbocycles. The van der Waals surface area contributed by atoms with Crippen LogP contribution in [0.25, 0.3) is 0 Å². The number of ether oxygens (including phenoxy) is 1. The maximum absolute atomic E-state index is 13.1. The SMILES string of the molecule is C=CCCS(=O)(=O)NC(=O)c1ccc2c(c1)N(C[C@@H]1CC[C@]1(C)[C@H](O)CC=C)C[C@@]1(CCCc3cc(Cl)ccc31)CO2. The highest BCUT2D eigenvalue weighted by molar-refractivity contribution is 7.90. The van der Waals surface area contributed by atoms with Crippen molar-refractivity contribution in [2.45, 2.75) is 63.4 Å². The van der Waals surface area contributed by atoms with Crippen molar-refractivity contribution in [2.75, 3.05) is 30.3 Å². The van der Waals surface area contributed by atoms with E-state index in [0.717, 1.165) is 42.8 Å². The van der Waals surface area contributed by atoms with E-state index in [2.05, 4.69) is 41.8 Å². The summed E-state index contributed by atoms with van der Waals surface area (Å²) in [6, 6.07) is 11.3. The first kappa shape index (κ1) is 30.6. The third-order valence-corrected chi connectivity index (χ3v) is 11.2. The van der Waals surface area contributed by atoms with Crippen LogP contribution >= 0.6 is 11.6 Å². The minimum absolute atomic E-state index is 0.207. The first-order chi connectivity index (χ1) is 20.0. The molecule has 0 radical (unpaired) electrons. The summed E-state index contributed by atoms with van der Waals surface area (Å²) in [4.78, 5) is 15.4. The number of sulfonamides is 1. The predicted molar refractivity (Wildman–Crippen MR) is 168 cm³/mol. The van der Waals surface area contributed by atoms with Crippen molar-refractivity contribution in [2.24, 2.45) is 11.3 Å². The van der Waals surface area contributed by atoms with E-state index in [-0.39, 0.29) is 34.5 Å². The van der Waals surface area contributed by atoms with Crippen molar-refractivity contribution in [1.29, 1.82) is 0 Å². The molecule has 226 valence electrons. The monoisotopic (exact) mass is 612 g/mol. The van der Waals surface area contributed by atoms with Crippen LogP contribution in [-0.4, -0.2) is 51.0 Å². The number of hydrogen-bond acceptors (Lipinski definition) is 6. The zero-order valence-corrected chi connectivity index (χ0v) is 25.9. The number of aliphatic hydroxyl groups excluding tert-OH is 1. The molecule has 9 heteroatoms. The van der Waals surface area contributed by atoms with Crippen molar-refractivity contribution in [3.05, 3.63) is 83.4 Å². The van der Waals surface area contributed by atoms with Crippen LogP contribution in [0.3, 0.4) is 0 Å². The van der Waals surface area contributed by atoms with Crippen LogP contribution in [0, 0.1) is 11.3 Å². The fraction of sp³-hybridized carbons (Fsp3) is 0.485. The van der Waals surface area contributed by atoms with Crippen LogP contribution in [0.1, 0.15) is 66.9 Å². The number of fused-ring (bicyclic) bond motifs is 3. The average molecular weight is 613 g/mol. The molecule has 0 bridgehead atoms. The van der Waals surface area contributed by atoms with Gasteiger partial charge in [-0.3, -0.25) is 4.79 Å². The highest BCUT2D eigenvalue weighted by atomic mass is 35.5. The number of anilines is 1. The Balaban J connectivity index is 1.52. The van der Waals surface area contributed by atoms with Gasteiger partial charge in [0.2, 0.25) is 10.0 Å². The van der Waals surface area contributed by atoms with Crippen LogP contribution in [0.15, 0.2) is 61.7 Å². The topological polar surface area (TPSA) is 95.9 Å². The Hall–Kier alpha value is -2.81. The summed E-state index contributed by atoms with van der Waals surface area (Å²) in [6.07, 6.45) is 8.42. The Morgan fingerprint density at radius 1 is 1.24 bits per heavy atom. The molecule has 5 rings (SSSR count). The molecule has 0 unspecified atom stereocenters. The summed E-state index contributed by atoms with van der Waals surface area (Å²) in [7, 11) is -3.80. The molecular formula is C33H41ClN2O5S. The maximum atomic E-state index is 13.1. The van der Waals surface area contributed by atoms with Crippen molar-refractivity contribution in [3.8, 4) is 5.75 Å². The van der Waals surface area contributed by atoms with Gasteiger partial charge < -0.3 is 14.7 Å². The number of nitrogens with zero attached hydrogens (tertiary/aromatic N) is 1. The molecule has 2 aromatic carbocycles. The Bertz CT molecular complexity index is 1480. The van der Waals surface area contributed by atoms with E-state index in [9.17, 15) is 18.3 Å². The molecule has 1 spiro atoms. The van der Waals surface area contributed by atoms with E-state index >= 15 is 0 Å². The molecule has 0 aromatic heterocycles. The lowest BCUT2D eigenvalue weighted by Crippen LogP contribution is -2.53. The predicted octanol–water partition coefficient (Wildman–Crippen LogP) is 5.80. The number of rotatable bonds is 10. The standard InChI is InChI=1S/C33H41ClN2O5S/c1-4-6-17-42(39,40)35-31(38)24-10-13-29-28(19-24)36(20-25-14-16-32(25,3)30(37)8-5-2)21-33(22-41-29)15-7-9-23-18-26(34)11-12-27(23)33/h4-5,10-13,18-19,25,30,37H,1-2,6-9,14-17,20-22H2,3H3,(H,35,38)/t25-,30+,32-,33-/m0/s1. The van der Waals surface area contributed by atoms with Gasteiger partial charge in [0, 0.05) is 29.1 Å². The van der Waals surface area contributed by atoms with Gasteiger partial charge in [0.15, 0.2) is 0 Å². The van der Waals surface area contributed by atoms with Gasteiger partial charge in [-0.25, -0.2) is 13.1 Å². The number of carbonyl (C=O) groups is 1. The highest BCUT2D eigenvalue weighted by Gasteiger charge is 2.49. The zero-order chi connectivity index (χ0) is 30.1. The van der Waals surface area contributed by atoms with E-state index in [0.29, 0.717) is 31.9 Å². The second-order valence-corrected chi connectivity index (χ2v) is 14.7. The Labute approximate surface area is 254 Å². The molecule has 0 saturated heterocycles. The molecule has 1 amide bonds. The third kappa shape index (κ3) is 5.99. The van der Waals surface area contributed by atoms with Crippen molar-refractivity contribution in [3.63, 3.8) is 0 Å². The number of aryl methyl sites for hydroxylation is 1. The lowest BCUT2D eigenvalue weighted by molar-refractivity contribution is -0.0695. The normalized spacial score (nSPS) is 25.7. The number of carbonyl (C=O) groups excluding carboxylic acids is 1. The van der Waals surface area contributed by atoms with E-state index < -0.39 is 22.0 Å². The van der Waals surface area contributed by atoms with Crippen molar-refractivity contribution < 1.29 is 23.1 Å². The number of allylic oxidation sites excluding steroid dienone is 1. The molecule has 1 aliphatic heterocycles. The minimum Gasteiger partial charge on any atom is -0.490 e. The smallest absolute Gasteiger partial charge is 0.264 e. The fourth-order valence-electron chi connectivity index (χ4n) is 6.98. The first-order valence-electron chi connectivity index (χ1n) is 14.8. The Morgan fingerprint density at radius 2 is 2.05 bits per heavy atom. The Morgan fingerprint density at radius 3 is 2.76 bits per heavy atom. The number of halogens is 1. The molecule has 1 saturated carbocycles. The second kappa shape index (κ2) is 12.1.